The fraction of sp³-hybridized carbons (Fsp3) is 0.524. The number of hydrogen-bond acceptors (Lipinski definition) is 7. The first-order chi connectivity index (χ1) is 13.6. The number of hydrogen-bond donors (Lipinski definition) is 3. The summed E-state index contributed by atoms with van der Waals surface area (Å²) < 4.78 is 11.2. The summed E-state index contributed by atoms with van der Waals surface area (Å²) in [6.45, 7) is 5.56. The first-order valence-corrected chi connectivity index (χ1v) is 9.86. The Morgan fingerprint density at radius 3 is 2.71 bits per heavy atom. The van der Waals surface area contributed by atoms with Crippen molar-refractivity contribution in [1.82, 2.24) is 9.97 Å². The molecule has 0 aliphatic rings. The number of aliphatic hydroxyl groups is 1. The SMILES string of the molecule is CCCCCNc1nc(N)nc(C)c1Cc1ccc(OCCCO)cc1OC. The molecule has 0 radical (unpaired) electrons. The predicted molar refractivity (Wildman–Crippen MR) is 112 cm³/mol. The van der Waals surface area contributed by atoms with Gasteiger partial charge in [-0.05, 0) is 25.0 Å². The van der Waals surface area contributed by atoms with Crippen LogP contribution in [0.5, 0.6) is 11.5 Å². The minimum Gasteiger partial charge on any atom is -0.496 e. The fourth-order valence-corrected chi connectivity index (χ4v) is 2.96. The van der Waals surface area contributed by atoms with Crippen LogP contribution in [0.15, 0.2) is 18.2 Å². The predicted octanol–water partition coefficient (Wildman–Crippen LogP) is 3.33. The summed E-state index contributed by atoms with van der Waals surface area (Å²) in [5, 5.41) is 12.3. The molecular weight excluding hydrogens is 356 g/mol. The number of aryl methyl sites for hydroxylation is 1. The van der Waals surface area contributed by atoms with Crippen molar-refractivity contribution in [2.24, 2.45) is 0 Å². The van der Waals surface area contributed by atoms with Crippen molar-refractivity contribution in [3.63, 3.8) is 0 Å². The van der Waals surface area contributed by atoms with Gasteiger partial charge in [-0.25, -0.2) is 4.98 Å². The zero-order valence-electron chi connectivity index (χ0n) is 17.1. The smallest absolute Gasteiger partial charge is 0.222 e. The molecule has 1 aromatic heterocycles. The van der Waals surface area contributed by atoms with Gasteiger partial charge < -0.3 is 25.6 Å². The van der Waals surface area contributed by atoms with E-state index in [-0.39, 0.29) is 12.6 Å². The molecule has 4 N–H and O–H groups in total. The van der Waals surface area contributed by atoms with Gasteiger partial charge in [0.2, 0.25) is 5.95 Å². The van der Waals surface area contributed by atoms with Crippen molar-refractivity contribution < 1.29 is 14.6 Å². The minimum absolute atomic E-state index is 0.111. The van der Waals surface area contributed by atoms with E-state index < -0.39 is 0 Å². The summed E-state index contributed by atoms with van der Waals surface area (Å²) in [6.07, 6.45) is 4.65. The Morgan fingerprint density at radius 1 is 1.18 bits per heavy atom. The highest BCUT2D eigenvalue weighted by Crippen LogP contribution is 2.29. The third-order valence-electron chi connectivity index (χ3n) is 4.50. The number of nitrogens with zero attached hydrogens (tertiary/aromatic N) is 2. The van der Waals surface area contributed by atoms with Gasteiger partial charge >= 0.3 is 0 Å². The number of methoxy groups -OCH3 is 1. The minimum atomic E-state index is 0.111. The molecule has 0 bridgehead atoms. The Morgan fingerprint density at radius 2 is 2.00 bits per heavy atom. The van der Waals surface area contributed by atoms with Crippen LogP contribution in [0.2, 0.25) is 0 Å². The lowest BCUT2D eigenvalue weighted by molar-refractivity contribution is 0.233. The number of aromatic nitrogens is 2. The van der Waals surface area contributed by atoms with E-state index in [0.29, 0.717) is 19.4 Å². The number of ether oxygens (including phenoxy) is 2. The van der Waals surface area contributed by atoms with E-state index in [1.54, 1.807) is 7.11 Å². The average molecular weight is 389 g/mol. The molecule has 154 valence electrons. The molecule has 2 aromatic rings. The molecule has 28 heavy (non-hydrogen) atoms. The first-order valence-electron chi connectivity index (χ1n) is 9.86. The summed E-state index contributed by atoms with van der Waals surface area (Å²) >= 11 is 0. The van der Waals surface area contributed by atoms with E-state index in [0.717, 1.165) is 47.1 Å². The third-order valence-corrected chi connectivity index (χ3v) is 4.50. The number of nitrogen functional groups attached to an aromatic ring is 1. The second-order valence-corrected chi connectivity index (χ2v) is 6.70. The van der Waals surface area contributed by atoms with Crippen molar-refractivity contribution >= 4 is 11.8 Å². The van der Waals surface area contributed by atoms with E-state index in [4.69, 9.17) is 20.3 Å². The number of benzene rings is 1. The first kappa shape index (κ1) is 21.8. The van der Waals surface area contributed by atoms with Crippen LogP contribution in [-0.2, 0) is 6.42 Å². The molecule has 0 saturated carbocycles. The van der Waals surface area contributed by atoms with Gasteiger partial charge in [-0.1, -0.05) is 25.8 Å². The lowest BCUT2D eigenvalue weighted by Gasteiger charge is -2.16. The third kappa shape index (κ3) is 6.27. The molecule has 7 nitrogen and oxygen atoms in total. The van der Waals surface area contributed by atoms with E-state index in [9.17, 15) is 0 Å². The molecule has 2 rings (SSSR count). The topological polar surface area (TPSA) is 103 Å². The van der Waals surface area contributed by atoms with Crippen molar-refractivity contribution in [2.45, 2.75) is 46.0 Å². The number of nitrogens with two attached hydrogens (primary N) is 1. The summed E-state index contributed by atoms with van der Waals surface area (Å²) in [6, 6.07) is 5.77. The van der Waals surface area contributed by atoms with Gasteiger partial charge in [0.15, 0.2) is 0 Å². The van der Waals surface area contributed by atoms with Gasteiger partial charge in [0.1, 0.15) is 17.3 Å². The van der Waals surface area contributed by atoms with Crippen LogP contribution < -0.4 is 20.5 Å². The number of unbranched alkanes of at least 4 members (excludes halogenated alkanes) is 2. The maximum Gasteiger partial charge on any atom is 0.222 e. The number of nitrogens with one attached hydrogen (secondary N) is 1. The Hall–Kier alpha value is -2.54. The monoisotopic (exact) mass is 388 g/mol. The van der Waals surface area contributed by atoms with Crippen LogP contribution in [0.3, 0.4) is 0 Å². The van der Waals surface area contributed by atoms with E-state index in [1.807, 2.05) is 25.1 Å². The molecule has 0 atom stereocenters. The molecule has 0 amide bonds. The summed E-state index contributed by atoms with van der Waals surface area (Å²) in [5.41, 5.74) is 8.75. The van der Waals surface area contributed by atoms with Gasteiger partial charge in [-0.2, -0.15) is 4.98 Å². The number of anilines is 2. The molecule has 0 unspecified atom stereocenters. The van der Waals surface area contributed by atoms with Gasteiger partial charge in [0, 0.05) is 43.3 Å². The van der Waals surface area contributed by atoms with Crippen molar-refractivity contribution in [1.29, 1.82) is 0 Å². The summed E-state index contributed by atoms with van der Waals surface area (Å²) in [4.78, 5) is 8.75. The molecule has 1 aromatic carbocycles. The van der Waals surface area contributed by atoms with E-state index >= 15 is 0 Å². The summed E-state index contributed by atoms with van der Waals surface area (Å²) in [5.74, 6) is 2.53. The maximum absolute atomic E-state index is 8.88. The van der Waals surface area contributed by atoms with Crippen molar-refractivity contribution in [3.05, 3.63) is 35.0 Å². The zero-order chi connectivity index (χ0) is 20.4. The van der Waals surface area contributed by atoms with Gasteiger partial charge in [-0.3, -0.25) is 0 Å². The molecule has 1 heterocycles. The van der Waals surface area contributed by atoms with Crippen molar-refractivity contribution in [3.8, 4) is 11.5 Å². The quantitative estimate of drug-likeness (QED) is 0.479. The van der Waals surface area contributed by atoms with Crippen LogP contribution in [0.1, 0.15) is 49.4 Å². The van der Waals surface area contributed by atoms with E-state index in [1.165, 1.54) is 12.8 Å². The van der Waals surface area contributed by atoms with Gasteiger partial charge in [-0.15, -0.1) is 0 Å². The Kier molecular flexibility index (Phi) is 8.81. The average Bonchev–Trinajstić information content (AvgIpc) is 2.68. The molecule has 0 spiro atoms. The van der Waals surface area contributed by atoms with Crippen LogP contribution in [0.4, 0.5) is 11.8 Å². The maximum atomic E-state index is 8.88. The second kappa shape index (κ2) is 11.3. The normalized spacial score (nSPS) is 10.7. The number of rotatable bonds is 12. The van der Waals surface area contributed by atoms with Crippen LogP contribution >= 0.6 is 0 Å². The number of aliphatic hydroxyl groups excluding tert-OH is 1. The van der Waals surface area contributed by atoms with Crippen LogP contribution in [0, 0.1) is 6.92 Å². The summed E-state index contributed by atoms with van der Waals surface area (Å²) in [7, 11) is 1.65. The van der Waals surface area contributed by atoms with Gasteiger partial charge in [0.05, 0.1) is 13.7 Å². The molecule has 0 aliphatic heterocycles. The Labute approximate surface area is 167 Å². The molecule has 0 saturated heterocycles. The van der Waals surface area contributed by atoms with E-state index in [2.05, 4.69) is 22.2 Å². The highest BCUT2D eigenvalue weighted by Gasteiger charge is 2.14. The van der Waals surface area contributed by atoms with Gasteiger partial charge in [0.25, 0.3) is 0 Å². The van der Waals surface area contributed by atoms with Crippen LogP contribution in [0.25, 0.3) is 0 Å². The lowest BCUT2D eigenvalue weighted by atomic mass is 10.0. The Balaban J connectivity index is 2.21. The largest absolute Gasteiger partial charge is 0.496 e. The molecule has 0 aliphatic carbocycles. The molecule has 7 heteroatoms. The standard InChI is InChI=1S/C21H32N4O3/c1-4-5-6-10-23-20-18(15(2)24-21(22)25-20)13-16-8-9-17(14-19(16)27-3)28-12-7-11-26/h8-9,14,26H,4-7,10-13H2,1-3H3,(H3,22,23,24,25). The fourth-order valence-electron chi connectivity index (χ4n) is 2.96. The Bertz CT molecular complexity index is 753. The second-order valence-electron chi connectivity index (χ2n) is 6.70. The zero-order valence-corrected chi connectivity index (χ0v) is 17.1. The lowest BCUT2D eigenvalue weighted by Crippen LogP contribution is -2.12. The molecule has 0 fully saturated rings. The highest BCUT2D eigenvalue weighted by molar-refractivity contribution is 5.53. The highest BCUT2D eigenvalue weighted by atomic mass is 16.5. The van der Waals surface area contributed by atoms with Crippen molar-refractivity contribution in [2.75, 3.05) is 37.9 Å². The van der Waals surface area contributed by atoms with Crippen LogP contribution in [-0.4, -0.2) is 41.9 Å². The molecular formula is C21H32N4O3.